The fourth-order valence-corrected chi connectivity index (χ4v) is 1.94. The predicted octanol–water partition coefficient (Wildman–Crippen LogP) is 3.98. The molecule has 0 fully saturated rings. The molecule has 0 spiro atoms. The number of hydrogen-bond acceptors (Lipinski definition) is 2. The van der Waals surface area contributed by atoms with Crippen LogP contribution < -0.4 is 0 Å². The number of oxazole rings is 1. The van der Waals surface area contributed by atoms with Crippen molar-refractivity contribution in [3.8, 4) is 11.3 Å². The normalized spacial score (nSPS) is 10.6. The minimum Gasteiger partial charge on any atom is -0.443 e. The fraction of sp³-hybridized carbons (Fsp3) is 0.100. The largest absolute Gasteiger partial charge is 0.443 e. The van der Waals surface area contributed by atoms with Crippen LogP contribution in [0.15, 0.2) is 33.5 Å². The van der Waals surface area contributed by atoms with Crippen molar-refractivity contribution in [1.82, 2.24) is 4.98 Å². The quantitative estimate of drug-likeness (QED) is 0.782. The van der Waals surface area contributed by atoms with Crippen molar-refractivity contribution in [2.75, 3.05) is 0 Å². The van der Waals surface area contributed by atoms with Crippen LogP contribution in [0.1, 0.15) is 5.69 Å². The topological polar surface area (TPSA) is 26.0 Å². The Balaban J connectivity index is 2.53. The molecule has 5 heteroatoms. The van der Waals surface area contributed by atoms with Crippen LogP contribution in [0, 0.1) is 5.82 Å². The van der Waals surface area contributed by atoms with Gasteiger partial charge in [0.05, 0.1) is 5.88 Å². The third-order valence-electron chi connectivity index (χ3n) is 1.89. The van der Waals surface area contributed by atoms with E-state index in [0.717, 1.165) is 0 Å². The number of rotatable bonds is 2. The summed E-state index contributed by atoms with van der Waals surface area (Å²) in [5, 5.41) is 0. The average Bonchev–Trinajstić information content (AvgIpc) is 2.63. The molecule has 0 radical (unpaired) electrons. The summed E-state index contributed by atoms with van der Waals surface area (Å²) in [5.41, 5.74) is 1.23. The molecule has 15 heavy (non-hydrogen) atoms. The van der Waals surface area contributed by atoms with Crippen molar-refractivity contribution in [2.45, 2.75) is 5.88 Å². The van der Waals surface area contributed by atoms with E-state index in [2.05, 4.69) is 20.9 Å². The number of benzene rings is 1. The van der Waals surface area contributed by atoms with E-state index in [0.29, 0.717) is 21.5 Å². The van der Waals surface area contributed by atoms with Gasteiger partial charge in [-0.25, -0.2) is 9.37 Å². The lowest BCUT2D eigenvalue weighted by Gasteiger charge is -2.00. The number of aromatic nitrogens is 1. The van der Waals surface area contributed by atoms with Crippen LogP contribution >= 0.6 is 27.5 Å². The lowest BCUT2D eigenvalue weighted by molar-refractivity contribution is 0.569. The summed E-state index contributed by atoms with van der Waals surface area (Å²) in [5.74, 6) is 0.404. The van der Waals surface area contributed by atoms with E-state index in [1.807, 2.05) is 0 Å². The predicted molar refractivity (Wildman–Crippen MR) is 59.2 cm³/mol. The highest BCUT2D eigenvalue weighted by Crippen LogP contribution is 2.27. The molecule has 1 aromatic carbocycles. The van der Waals surface area contributed by atoms with Gasteiger partial charge in [0.2, 0.25) is 0 Å². The van der Waals surface area contributed by atoms with E-state index in [9.17, 15) is 4.39 Å². The fourth-order valence-electron chi connectivity index (χ4n) is 1.28. The van der Waals surface area contributed by atoms with Gasteiger partial charge in [-0.15, -0.1) is 11.6 Å². The molecule has 0 bridgehead atoms. The molecule has 0 saturated carbocycles. The molecule has 2 aromatic rings. The number of halogens is 3. The van der Waals surface area contributed by atoms with Gasteiger partial charge in [-0.05, 0) is 18.2 Å². The number of alkyl halides is 1. The molecule has 0 atom stereocenters. The molecule has 0 aliphatic heterocycles. The zero-order chi connectivity index (χ0) is 10.8. The first-order valence-corrected chi connectivity index (χ1v) is 5.48. The molecular formula is C10H6BrClFNO. The first-order valence-electron chi connectivity index (χ1n) is 4.15. The molecule has 0 saturated heterocycles. The highest BCUT2D eigenvalue weighted by molar-refractivity contribution is 9.10. The average molecular weight is 291 g/mol. The zero-order valence-electron chi connectivity index (χ0n) is 7.51. The second-order valence-electron chi connectivity index (χ2n) is 2.92. The molecule has 78 valence electrons. The second kappa shape index (κ2) is 4.33. The van der Waals surface area contributed by atoms with Gasteiger partial charge in [0.25, 0.3) is 0 Å². The first-order chi connectivity index (χ1) is 7.20. The minimum absolute atomic E-state index is 0.236. The summed E-state index contributed by atoms with van der Waals surface area (Å²) in [6, 6.07) is 4.50. The maximum absolute atomic E-state index is 13.1. The van der Waals surface area contributed by atoms with Gasteiger partial charge in [-0.3, -0.25) is 0 Å². The van der Waals surface area contributed by atoms with Gasteiger partial charge in [0.1, 0.15) is 11.5 Å². The summed E-state index contributed by atoms with van der Waals surface area (Å²) in [6.07, 6.45) is 1.30. The van der Waals surface area contributed by atoms with Crippen molar-refractivity contribution < 1.29 is 8.81 Å². The van der Waals surface area contributed by atoms with Crippen LogP contribution in [0.25, 0.3) is 11.3 Å². The Labute approximate surface area is 99.2 Å². The summed E-state index contributed by atoms with van der Waals surface area (Å²) < 4.78 is 18.9. The summed E-state index contributed by atoms with van der Waals surface area (Å²) in [4.78, 5) is 3.93. The van der Waals surface area contributed by atoms with E-state index in [1.54, 1.807) is 6.07 Å². The smallest absolute Gasteiger partial charge is 0.181 e. The Morgan fingerprint density at radius 3 is 2.87 bits per heavy atom. The van der Waals surface area contributed by atoms with Crippen LogP contribution in [-0.4, -0.2) is 4.98 Å². The Kier molecular flexibility index (Phi) is 3.07. The molecule has 0 amide bonds. The van der Waals surface area contributed by atoms with Crippen molar-refractivity contribution in [1.29, 1.82) is 0 Å². The van der Waals surface area contributed by atoms with Crippen molar-refractivity contribution >= 4 is 27.5 Å². The van der Waals surface area contributed by atoms with Gasteiger partial charge in [0, 0.05) is 10.0 Å². The van der Waals surface area contributed by atoms with Crippen LogP contribution in [0.2, 0.25) is 0 Å². The molecule has 2 rings (SSSR count). The van der Waals surface area contributed by atoms with Gasteiger partial charge in [-0.1, -0.05) is 15.9 Å². The van der Waals surface area contributed by atoms with E-state index in [-0.39, 0.29) is 11.7 Å². The lowest BCUT2D eigenvalue weighted by Crippen LogP contribution is -1.84. The van der Waals surface area contributed by atoms with Crippen molar-refractivity contribution in [3.05, 3.63) is 40.6 Å². The Hall–Kier alpha value is -0.870. The van der Waals surface area contributed by atoms with E-state index in [1.165, 1.54) is 18.5 Å². The Morgan fingerprint density at radius 1 is 1.40 bits per heavy atom. The van der Waals surface area contributed by atoms with Gasteiger partial charge in [0.15, 0.2) is 12.2 Å². The number of hydrogen-bond donors (Lipinski definition) is 0. The first kappa shape index (κ1) is 10.6. The van der Waals surface area contributed by atoms with E-state index >= 15 is 0 Å². The molecule has 0 N–H and O–H groups in total. The maximum Gasteiger partial charge on any atom is 0.181 e. The van der Waals surface area contributed by atoms with Crippen molar-refractivity contribution in [3.63, 3.8) is 0 Å². The molecule has 2 nitrogen and oxygen atoms in total. The van der Waals surface area contributed by atoms with Gasteiger partial charge in [-0.2, -0.15) is 0 Å². The summed E-state index contributed by atoms with van der Waals surface area (Å²) >= 11 is 8.88. The molecule has 1 aromatic heterocycles. The van der Waals surface area contributed by atoms with Crippen LogP contribution in [0.4, 0.5) is 4.39 Å². The third-order valence-corrected chi connectivity index (χ3v) is 2.60. The van der Waals surface area contributed by atoms with Gasteiger partial charge >= 0.3 is 0 Å². The van der Waals surface area contributed by atoms with Crippen LogP contribution in [0.3, 0.4) is 0 Å². The SMILES string of the molecule is Fc1cc(Br)cc(-c2ocnc2CCl)c1. The minimum atomic E-state index is -0.337. The lowest BCUT2D eigenvalue weighted by atomic mass is 10.1. The molecule has 0 unspecified atom stereocenters. The standard InChI is InChI=1S/C10H6BrClFNO/c11-7-1-6(2-8(13)3-7)10-9(4-12)14-5-15-10/h1-3,5H,4H2. The highest BCUT2D eigenvalue weighted by atomic mass is 79.9. The number of nitrogens with zero attached hydrogens (tertiary/aromatic N) is 1. The Bertz CT molecular complexity index is 466. The molecular weight excluding hydrogens is 284 g/mol. The Morgan fingerprint density at radius 2 is 2.20 bits per heavy atom. The monoisotopic (exact) mass is 289 g/mol. The molecule has 1 heterocycles. The van der Waals surface area contributed by atoms with Crippen LogP contribution in [0.5, 0.6) is 0 Å². The van der Waals surface area contributed by atoms with E-state index in [4.69, 9.17) is 16.0 Å². The van der Waals surface area contributed by atoms with Gasteiger partial charge < -0.3 is 4.42 Å². The maximum atomic E-state index is 13.1. The summed E-state index contributed by atoms with van der Waals surface area (Å²) in [7, 11) is 0. The molecule has 0 aliphatic carbocycles. The molecule has 0 aliphatic rings. The van der Waals surface area contributed by atoms with Crippen LogP contribution in [-0.2, 0) is 5.88 Å². The second-order valence-corrected chi connectivity index (χ2v) is 4.10. The highest BCUT2D eigenvalue weighted by Gasteiger charge is 2.11. The zero-order valence-corrected chi connectivity index (χ0v) is 9.85. The summed E-state index contributed by atoms with van der Waals surface area (Å²) in [6.45, 7) is 0. The van der Waals surface area contributed by atoms with Crippen molar-refractivity contribution in [2.24, 2.45) is 0 Å². The van der Waals surface area contributed by atoms with E-state index < -0.39 is 0 Å². The third kappa shape index (κ3) is 2.21.